The molecule has 0 saturated carbocycles. The molecule has 0 N–H and O–H groups in total. The highest BCUT2D eigenvalue weighted by atomic mass is 16.5. The molecule has 5 heteroatoms. The van der Waals surface area contributed by atoms with Crippen LogP contribution in [0.4, 0.5) is 0 Å². The van der Waals surface area contributed by atoms with Gasteiger partial charge in [-0.25, -0.2) is 0 Å². The fourth-order valence-electron chi connectivity index (χ4n) is 2.41. The number of methoxy groups -OCH3 is 3. The molecule has 0 atom stereocenters. The van der Waals surface area contributed by atoms with Gasteiger partial charge in [0.25, 0.3) is 0 Å². The summed E-state index contributed by atoms with van der Waals surface area (Å²) in [6.07, 6.45) is 1.69. The van der Waals surface area contributed by atoms with Crippen LogP contribution < -0.4 is 18.9 Å². The topological polar surface area (TPSA) is 54.0 Å². The summed E-state index contributed by atoms with van der Waals surface area (Å²) in [6, 6.07) is 10.7. The van der Waals surface area contributed by atoms with Crippen LogP contribution >= 0.6 is 0 Å². The van der Waals surface area contributed by atoms with Crippen molar-refractivity contribution in [2.75, 3.05) is 21.3 Å². The van der Waals surface area contributed by atoms with Crippen LogP contribution in [-0.4, -0.2) is 27.1 Å². The highest BCUT2D eigenvalue weighted by Crippen LogP contribution is 2.45. The number of hydrogen-bond acceptors (Lipinski definition) is 5. The van der Waals surface area contributed by atoms with Crippen LogP contribution in [0.15, 0.2) is 42.2 Å². The molecule has 2 aromatic rings. The van der Waals surface area contributed by atoms with E-state index in [0.717, 1.165) is 11.3 Å². The van der Waals surface area contributed by atoms with Crippen molar-refractivity contribution in [2.24, 2.45) is 0 Å². The van der Waals surface area contributed by atoms with Gasteiger partial charge in [0.05, 0.1) is 26.9 Å². The lowest BCUT2D eigenvalue weighted by atomic mass is 10.1. The molecule has 0 aromatic heterocycles. The van der Waals surface area contributed by atoms with Crippen molar-refractivity contribution in [2.45, 2.75) is 0 Å². The Bertz CT molecular complexity index is 775. The van der Waals surface area contributed by atoms with Gasteiger partial charge < -0.3 is 18.9 Å². The third-order valence-electron chi connectivity index (χ3n) is 3.59. The quantitative estimate of drug-likeness (QED) is 0.811. The SMILES string of the molecule is COc1ccc(/C=C2/Oc3c(ccc(OC)c3OC)C2=O)cc1. The predicted octanol–water partition coefficient (Wildman–Crippen LogP) is 3.33. The number of rotatable bonds is 4. The molecule has 1 aliphatic rings. The Morgan fingerprint density at radius 3 is 2.26 bits per heavy atom. The maximum absolute atomic E-state index is 12.5. The summed E-state index contributed by atoms with van der Waals surface area (Å²) >= 11 is 0. The number of carbonyl (C=O) groups is 1. The molecule has 0 saturated heterocycles. The van der Waals surface area contributed by atoms with Crippen LogP contribution in [-0.2, 0) is 0 Å². The van der Waals surface area contributed by atoms with Gasteiger partial charge in [0, 0.05) is 0 Å². The lowest BCUT2D eigenvalue weighted by Crippen LogP contribution is -1.97. The van der Waals surface area contributed by atoms with Gasteiger partial charge in [0.2, 0.25) is 11.5 Å². The molecular formula is C18H16O5. The Hall–Kier alpha value is -2.95. The number of hydrogen-bond donors (Lipinski definition) is 0. The van der Waals surface area contributed by atoms with Crippen LogP contribution in [0, 0.1) is 0 Å². The maximum atomic E-state index is 12.5. The zero-order valence-electron chi connectivity index (χ0n) is 13.1. The van der Waals surface area contributed by atoms with Crippen molar-refractivity contribution in [3.63, 3.8) is 0 Å². The second-order valence-corrected chi connectivity index (χ2v) is 4.89. The van der Waals surface area contributed by atoms with Crippen molar-refractivity contribution in [3.8, 4) is 23.0 Å². The van der Waals surface area contributed by atoms with Crippen molar-refractivity contribution in [3.05, 3.63) is 53.3 Å². The van der Waals surface area contributed by atoms with E-state index in [1.807, 2.05) is 24.3 Å². The second-order valence-electron chi connectivity index (χ2n) is 4.89. The first-order valence-corrected chi connectivity index (χ1v) is 7.01. The number of fused-ring (bicyclic) bond motifs is 1. The minimum atomic E-state index is -0.184. The van der Waals surface area contributed by atoms with Crippen LogP contribution in [0.1, 0.15) is 15.9 Å². The van der Waals surface area contributed by atoms with E-state index in [1.54, 1.807) is 25.3 Å². The first-order valence-electron chi connectivity index (χ1n) is 7.01. The van der Waals surface area contributed by atoms with Crippen molar-refractivity contribution in [1.29, 1.82) is 0 Å². The Labute approximate surface area is 134 Å². The largest absolute Gasteiger partial charge is 0.497 e. The summed E-state index contributed by atoms with van der Waals surface area (Å²) in [5.74, 6) is 2.13. The number of ether oxygens (including phenoxy) is 4. The van der Waals surface area contributed by atoms with Crippen molar-refractivity contribution < 1.29 is 23.7 Å². The molecular weight excluding hydrogens is 296 g/mol. The van der Waals surface area contributed by atoms with Gasteiger partial charge in [-0.1, -0.05) is 12.1 Å². The number of carbonyl (C=O) groups excluding carboxylic acids is 1. The van der Waals surface area contributed by atoms with E-state index >= 15 is 0 Å². The third kappa shape index (κ3) is 2.61. The summed E-state index contributed by atoms with van der Waals surface area (Å²) in [5, 5.41) is 0. The zero-order valence-corrected chi connectivity index (χ0v) is 13.1. The summed E-state index contributed by atoms with van der Waals surface area (Å²) in [4.78, 5) is 12.5. The van der Waals surface area contributed by atoms with Crippen LogP contribution in [0.25, 0.3) is 6.08 Å². The Morgan fingerprint density at radius 1 is 0.913 bits per heavy atom. The number of benzene rings is 2. The van der Waals surface area contributed by atoms with Crippen molar-refractivity contribution >= 4 is 11.9 Å². The maximum Gasteiger partial charge on any atom is 0.232 e. The minimum absolute atomic E-state index is 0.184. The average Bonchev–Trinajstić information content (AvgIpc) is 2.90. The third-order valence-corrected chi connectivity index (χ3v) is 3.59. The fraction of sp³-hybridized carbons (Fsp3) is 0.167. The first kappa shape index (κ1) is 15.0. The average molecular weight is 312 g/mol. The summed E-state index contributed by atoms with van der Waals surface area (Å²) in [6.45, 7) is 0. The molecule has 5 nitrogen and oxygen atoms in total. The van der Waals surface area contributed by atoms with Gasteiger partial charge in [0.1, 0.15) is 5.75 Å². The highest BCUT2D eigenvalue weighted by Gasteiger charge is 2.32. The molecule has 0 unspecified atom stereocenters. The Kier molecular flexibility index (Phi) is 3.93. The van der Waals surface area contributed by atoms with E-state index in [4.69, 9.17) is 18.9 Å². The molecule has 3 rings (SSSR count). The monoisotopic (exact) mass is 312 g/mol. The molecule has 0 radical (unpaired) electrons. The van der Waals surface area contributed by atoms with Gasteiger partial charge in [0.15, 0.2) is 17.3 Å². The second kappa shape index (κ2) is 6.04. The minimum Gasteiger partial charge on any atom is -0.497 e. The van der Waals surface area contributed by atoms with E-state index in [1.165, 1.54) is 14.2 Å². The lowest BCUT2D eigenvalue weighted by Gasteiger charge is -2.10. The van der Waals surface area contributed by atoms with Crippen molar-refractivity contribution in [1.82, 2.24) is 0 Å². The van der Waals surface area contributed by atoms with Gasteiger partial charge >= 0.3 is 0 Å². The molecule has 0 amide bonds. The number of allylic oxidation sites excluding steroid dienone is 1. The smallest absolute Gasteiger partial charge is 0.232 e. The summed E-state index contributed by atoms with van der Waals surface area (Å²) < 4.78 is 21.4. The molecule has 1 aliphatic heterocycles. The van der Waals surface area contributed by atoms with E-state index < -0.39 is 0 Å². The van der Waals surface area contributed by atoms with E-state index in [0.29, 0.717) is 22.8 Å². The van der Waals surface area contributed by atoms with Crippen LogP contribution in [0.5, 0.6) is 23.0 Å². The van der Waals surface area contributed by atoms with Gasteiger partial charge in [-0.2, -0.15) is 0 Å². The lowest BCUT2D eigenvalue weighted by molar-refractivity contribution is 0.101. The van der Waals surface area contributed by atoms with E-state index in [2.05, 4.69) is 0 Å². The van der Waals surface area contributed by atoms with Crippen LogP contribution in [0.3, 0.4) is 0 Å². The summed E-state index contributed by atoms with van der Waals surface area (Å²) in [7, 11) is 4.65. The van der Waals surface area contributed by atoms with Gasteiger partial charge in [-0.15, -0.1) is 0 Å². The predicted molar refractivity (Wildman–Crippen MR) is 85.5 cm³/mol. The molecule has 23 heavy (non-hydrogen) atoms. The highest BCUT2D eigenvalue weighted by molar-refractivity contribution is 6.15. The molecule has 0 fully saturated rings. The first-order chi connectivity index (χ1) is 11.2. The van der Waals surface area contributed by atoms with Gasteiger partial charge in [-0.05, 0) is 35.9 Å². The molecule has 0 aliphatic carbocycles. The van der Waals surface area contributed by atoms with Gasteiger partial charge in [-0.3, -0.25) is 4.79 Å². The molecule has 1 heterocycles. The Morgan fingerprint density at radius 2 is 1.65 bits per heavy atom. The Balaban J connectivity index is 1.98. The normalized spacial score (nSPS) is 14.4. The number of Topliss-reactive ketones (excluding diaryl/α,β-unsaturated/α-hetero) is 1. The molecule has 0 spiro atoms. The van der Waals surface area contributed by atoms with E-state index in [9.17, 15) is 4.79 Å². The molecule has 2 aromatic carbocycles. The van der Waals surface area contributed by atoms with E-state index in [-0.39, 0.29) is 11.5 Å². The molecule has 118 valence electrons. The standard InChI is InChI=1S/C18H16O5/c1-20-12-6-4-11(5-7-12)10-15-16(19)13-8-9-14(21-2)18(22-3)17(13)23-15/h4-10H,1-3H3/b15-10+. The molecule has 0 bridgehead atoms. The fourth-order valence-corrected chi connectivity index (χ4v) is 2.41. The number of ketones is 1. The zero-order chi connectivity index (χ0) is 16.4. The summed E-state index contributed by atoms with van der Waals surface area (Å²) in [5.41, 5.74) is 1.30. The van der Waals surface area contributed by atoms with Crippen LogP contribution in [0.2, 0.25) is 0 Å².